The molecule has 0 bridgehead atoms. The first-order valence-corrected chi connectivity index (χ1v) is 9.81. The highest BCUT2D eigenvalue weighted by Crippen LogP contribution is 2.28. The minimum absolute atomic E-state index is 0.791. The molecule has 1 aliphatic heterocycles. The van der Waals surface area contributed by atoms with Crippen LogP contribution in [0.25, 0.3) is 10.4 Å². The van der Waals surface area contributed by atoms with Gasteiger partial charge in [0.15, 0.2) is 5.13 Å². The molecule has 26 heavy (non-hydrogen) atoms. The number of thiazole rings is 1. The van der Waals surface area contributed by atoms with Gasteiger partial charge >= 0.3 is 0 Å². The van der Waals surface area contributed by atoms with Gasteiger partial charge in [-0.25, -0.2) is 4.98 Å². The van der Waals surface area contributed by atoms with Crippen LogP contribution in [0.4, 0.5) is 5.13 Å². The van der Waals surface area contributed by atoms with Crippen LogP contribution in [0.15, 0.2) is 60.8 Å². The highest BCUT2D eigenvalue weighted by atomic mass is 32.1. The maximum Gasteiger partial charge on any atom is 0.183 e. The molecular formula is C21H23N3OS. The zero-order valence-corrected chi connectivity index (χ0v) is 15.5. The summed E-state index contributed by atoms with van der Waals surface area (Å²) in [5.74, 6) is 0. The molecule has 3 aromatic rings. The predicted molar refractivity (Wildman–Crippen MR) is 107 cm³/mol. The molecule has 2 aromatic carbocycles. The number of ether oxygens (including phenoxy) is 1. The van der Waals surface area contributed by atoms with Gasteiger partial charge in [-0.05, 0) is 16.7 Å². The average molecular weight is 366 g/mol. The van der Waals surface area contributed by atoms with Crippen LogP contribution >= 0.6 is 11.3 Å². The third-order valence-electron chi connectivity index (χ3n) is 4.54. The van der Waals surface area contributed by atoms with E-state index in [1.54, 1.807) is 11.3 Å². The second-order valence-electron chi connectivity index (χ2n) is 6.45. The molecule has 1 saturated heterocycles. The third kappa shape index (κ3) is 4.49. The maximum atomic E-state index is 5.41. The monoisotopic (exact) mass is 365 g/mol. The van der Waals surface area contributed by atoms with E-state index < -0.39 is 0 Å². The van der Waals surface area contributed by atoms with Crippen LogP contribution in [-0.2, 0) is 17.8 Å². The summed E-state index contributed by atoms with van der Waals surface area (Å²) in [6.07, 6.45) is 1.94. The van der Waals surface area contributed by atoms with Gasteiger partial charge in [-0.3, -0.25) is 4.90 Å². The molecule has 1 N–H and O–H groups in total. The number of aromatic nitrogens is 1. The van der Waals surface area contributed by atoms with Gasteiger partial charge in [-0.2, -0.15) is 0 Å². The quantitative estimate of drug-likeness (QED) is 0.708. The van der Waals surface area contributed by atoms with E-state index in [1.807, 2.05) is 12.3 Å². The van der Waals surface area contributed by atoms with E-state index >= 15 is 0 Å². The first kappa shape index (κ1) is 17.2. The fourth-order valence-electron chi connectivity index (χ4n) is 3.05. The number of nitrogens with zero attached hydrogens (tertiary/aromatic N) is 2. The van der Waals surface area contributed by atoms with Crippen LogP contribution in [0.2, 0.25) is 0 Å². The molecular weight excluding hydrogens is 342 g/mol. The minimum atomic E-state index is 0.791. The predicted octanol–water partition coefficient (Wildman–Crippen LogP) is 4.25. The molecule has 1 aliphatic rings. The van der Waals surface area contributed by atoms with Gasteiger partial charge in [0.25, 0.3) is 0 Å². The Morgan fingerprint density at radius 1 is 0.962 bits per heavy atom. The van der Waals surface area contributed by atoms with Crippen molar-refractivity contribution in [3.8, 4) is 10.4 Å². The highest BCUT2D eigenvalue weighted by Gasteiger charge is 2.10. The molecule has 1 aromatic heterocycles. The number of nitrogens with one attached hydrogen (secondary N) is 1. The van der Waals surface area contributed by atoms with E-state index in [2.05, 4.69) is 63.7 Å². The standard InChI is InChI=1S/C21H23N3OS/c1-2-4-19(5-3-1)20-15-23-21(26-20)22-14-17-6-8-18(9-7-17)16-24-10-12-25-13-11-24/h1-9,15H,10-14,16H2,(H,22,23). The van der Waals surface area contributed by atoms with Crippen molar-refractivity contribution in [2.45, 2.75) is 13.1 Å². The lowest BCUT2D eigenvalue weighted by Crippen LogP contribution is -2.35. The van der Waals surface area contributed by atoms with E-state index in [0.29, 0.717) is 0 Å². The van der Waals surface area contributed by atoms with Crippen molar-refractivity contribution in [3.05, 3.63) is 71.9 Å². The van der Waals surface area contributed by atoms with Crippen molar-refractivity contribution in [1.82, 2.24) is 9.88 Å². The maximum absolute atomic E-state index is 5.41. The first-order valence-electron chi connectivity index (χ1n) is 9.00. The van der Waals surface area contributed by atoms with Crippen molar-refractivity contribution in [1.29, 1.82) is 0 Å². The SMILES string of the molecule is c1ccc(-c2cnc(NCc3ccc(CN4CCOCC4)cc3)s2)cc1. The number of morpholine rings is 1. The Morgan fingerprint density at radius 2 is 1.69 bits per heavy atom. The van der Waals surface area contributed by atoms with Gasteiger partial charge in [0, 0.05) is 32.4 Å². The minimum Gasteiger partial charge on any atom is -0.379 e. The lowest BCUT2D eigenvalue weighted by Gasteiger charge is -2.26. The normalized spacial score (nSPS) is 15.1. The summed E-state index contributed by atoms with van der Waals surface area (Å²) in [5.41, 5.74) is 3.84. The van der Waals surface area contributed by atoms with Crippen molar-refractivity contribution in [2.24, 2.45) is 0 Å². The Morgan fingerprint density at radius 3 is 2.46 bits per heavy atom. The van der Waals surface area contributed by atoms with Gasteiger partial charge in [0.1, 0.15) is 0 Å². The lowest BCUT2D eigenvalue weighted by atomic mass is 10.1. The molecule has 5 heteroatoms. The van der Waals surface area contributed by atoms with E-state index in [1.165, 1.54) is 21.6 Å². The van der Waals surface area contributed by atoms with Crippen LogP contribution in [-0.4, -0.2) is 36.2 Å². The van der Waals surface area contributed by atoms with E-state index in [0.717, 1.165) is 44.5 Å². The molecule has 1 fully saturated rings. The zero-order chi connectivity index (χ0) is 17.6. The first-order chi connectivity index (χ1) is 12.9. The molecule has 4 rings (SSSR count). The highest BCUT2D eigenvalue weighted by molar-refractivity contribution is 7.18. The van der Waals surface area contributed by atoms with Gasteiger partial charge in [0.05, 0.1) is 18.1 Å². The zero-order valence-electron chi connectivity index (χ0n) is 14.7. The molecule has 0 amide bonds. The van der Waals surface area contributed by atoms with E-state index in [-0.39, 0.29) is 0 Å². The van der Waals surface area contributed by atoms with E-state index in [9.17, 15) is 0 Å². The molecule has 134 valence electrons. The Kier molecular flexibility index (Phi) is 5.59. The number of hydrogen-bond acceptors (Lipinski definition) is 5. The second kappa shape index (κ2) is 8.45. The fraction of sp³-hybridized carbons (Fsp3) is 0.286. The summed E-state index contributed by atoms with van der Waals surface area (Å²) in [4.78, 5) is 8.12. The summed E-state index contributed by atoms with van der Waals surface area (Å²) >= 11 is 1.69. The number of hydrogen-bond donors (Lipinski definition) is 1. The van der Waals surface area contributed by atoms with Crippen molar-refractivity contribution in [2.75, 3.05) is 31.6 Å². The molecule has 2 heterocycles. The Hall–Kier alpha value is -2.21. The fourth-order valence-corrected chi connectivity index (χ4v) is 3.87. The van der Waals surface area contributed by atoms with Gasteiger partial charge < -0.3 is 10.1 Å². The molecule has 4 nitrogen and oxygen atoms in total. The molecule has 0 radical (unpaired) electrons. The Labute approximate surface area is 158 Å². The Balaban J connectivity index is 1.31. The molecule has 0 saturated carbocycles. The van der Waals surface area contributed by atoms with Gasteiger partial charge in [0.2, 0.25) is 0 Å². The van der Waals surface area contributed by atoms with E-state index in [4.69, 9.17) is 4.74 Å². The number of anilines is 1. The summed E-state index contributed by atoms with van der Waals surface area (Å²) in [6, 6.07) is 19.2. The Bertz CT molecular complexity index is 811. The van der Waals surface area contributed by atoms with Crippen LogP contribution in [0.3, 0.4) is 0 Å². The van der Waals surface area contributed by atoms with Gasteiger partial charge in [-0.1, -0.05) is 65.9 Å². The summed E-state index contributed by atoms with van der Waals surface area (Å²) < 4.78 is 5.41. The van der Waals surface area contributed by atoms with Crippen molar-refractivity contribution in [3.63, 3.8) is 0 Å². The topological polar surface area (TPSA) is 37.4 Å². The lowest BCUT2D eigenvalue weighted by molar-refractivity contribution is 0.0342. The molecule has 0 atom stereocenters. The van der Waals surface area contributed by atoms with Crippen LogP contribution in [0.5, 0.6) is 0 Å². The smallest absolute Gasteiger partial charge is 0.183 e. The molecule has 0 unspecified atom stereocenters. The molecule has 0 spiro atoms. The van der Waals surface area contributed by atoms with Crippen LogP contribution in [0.1, 0.15) is 11.1 Å². The largest absolute Gasteiger partial charge is 0.379 e. The molecule has 0 aliphatic carbocycles. The summed E-state index contributed by atoms with van der Waals surface area (Å²) in [6.45, 7) is 5.54. The second-order valence-corrected chi connectivity index (χ2v) is 7.48. The van der Waals surface area contributed by atoms with Crippen LogP contribution < -0.4 is 5.32 Å². The summed E-state index contributed by atoms with van der Waals surface area (Å²) in [5, 5.41) is 4.39. The van der Waals surface area contributed by atoms with Crippen LogP contribution in [0, 0.1) is 0 Å². The number of benzene rings is 2. The van der Waals surface area contributed by atoms with Gasteiger partial charge in [-0.15, -0.1) is 0 Å². The number of rotatable bonds is 6. The summed E-state index contributed by atoms with van der Waals surface area (Å²) in [7, 11) is 0. The third-order valence-corrected chi connectivity index (χ3v) is 5.54. The van der Waals surface area contributed by atoms with Crippen molar-refractivity contribution >= 4 is 16.5 Å². The van der Waals surface area contributed by atoms with Crippen molar-refractivity contribution < 1.29 is 4.74 Å². The average Bonchev–Trinajstić information content (AvgIpc) is 3.18.